The Morgan fingerprint density at radius 2 is 1.26 bits per heavy atom. The molecule has 3 aromatic carbocycles. The normalized spacial score (nSPS) is 11.9. The molecule has 0 radical (unpaired) electrons. The maximum Gasteiger partial charge on any atom is 0.349 e. The number of anilines is 1. The standard InChI is InChI=1S/C28H27NO10/c1-4-37-20-13-11-19(12-14-20)29-25(30)23(38-27(33)17-7-5-9-21(15-17)35-2)24(26(31)32)39-28(34)18-8-6-10-22(16-18)36-3/h5-16,23-24H,4H2,1-3H3,(H,29,30)(H,31,32)/t23-,24-/m1/s1. The van der Waals surface area contributed by atoms with Crippen LogP contribution in [0.1, 0.15) is 27.6 Å². The van der Waals surface area contributed by atoms with Gasteiger partial charge < -0.3 is 34.1 Å². The Bertz CT molecular complexity index is 1320. The number of nitrogens with one attached hydrogen (secondary N) is 1. The first-order valence-electron chi connectivity index (χ1n) is 11.7. The van der Waals surface area contributed by atoms with Gasteiger partial charge in [-0.05, 0) is 67.6 Å². The molecule has 0 bridgehead atoms. The Kier molecular flexibility index (Phi) is 9.85. The van der Waals surface area contributed by atoms with E-state index >= 15 is 0 Å². The van der Waals surface area contributed by atoms with Gasteiger partial charge in [0.15, 0.2) is 0 Å². The number of amides is 1. The monoisotopic (exact) mass is 537 g/mol. The Balaban J connectivity index is 1.91. The number of esters is 2. The first-order chi connectivity index (χ1) is 18.7. The van der Waals surface area contributed by atoms with E-state index in [9.17, 15) is 24.3 Å². The molecule has 2 atom stereocenters. The van der Waals surface area contributed by atoms with Crippen LogP contribution in [0.25, 0.3) is 0 Å². The molecule has 2 N–H and O–H groups in total. The number of hydrogen-bond donors (Lipinski definition) is 2. The number of ether oxygens (including phenoxy) is 5. The number of rotatable bonds is 12. The Labute approximate surface area is 224 Å². The zero-order valence-electron chi connectivity index (χ0n) is 21.4. The Morgan fingerprint density at radius 1 is 0.744 bits per heavy atom. The van der Waals surface area contributed by atoms with Gasteiger partial charge in [0.2, 0.25) is 12.2 Å². The van der Waals surface area contributed by atoms with Crippen molar-refractivity contribution >= 4 is 29.5 Å². The number of hydrogen-bond acceptors (Lipinski definition) is 9. The van der Waals surface area contributed by atoms with Gasteiger partial charge in [0, 0.05) is 5.69 Å². The molecule has 0 heterocycles. The summed E-state index contributed by atoms with van der Waals surface area (Å²) in [5.74, 6) is -3.66. The number of benzene rings is 3. The molecule has 0 aliphatic rings. The summed E-state index contributed by atoms with van der Waals surface area (Å²) in [5, 5.41) is 12.4. The van der Waals surface area contributed by atoms with Crippen LogP contribution in [-0.4, -0.2) is 62.0 Å². The van der Waals surface area contributed by atoms with Crippen LogP contribution >= 0.6 is 0 Å². The van der Waals surface area contributed by atoms with Crippen LogP contribution in [-0.2, 0) is 19.1 Å². The van der Waals surface area contributed by atoms with Crippen LogP contribution < -0.4 is 19.5 Å². The fourth-order valence-electron chi connectivity index (χ4n) is 3.38. The van der Waals surface area contributed by atoms with E-state index in [1.807, 2.05) is 6.92 Å². The predicted molar refractivity (Wildman–Crippen MR) is 138 cm³/mol. The van der Waals surface area contributed by atoms with E-state index in [4.69, 9.17) is 23.7 Å². The first kappa shape index (κ1) is 28.5. The molecule has 3 rings (SSSR count). The molecule has 11 heteroatoms. The average Bonchev–Trinajstić information content (AvgIpc) is 2.95. The van der Waals surface area contributed by atoms with Crippen molar-refractivity contribution in [2.24, 2.45) is 0 Å². The zero-order chi connectivity index (χ0) is 28.4. The van der Waals surface area contributed by atoms with Gasteiger partial charge in [0.25, 0.3) is 5.91 Å². The first-order valence-corrected chi connectivity index (χ1v) is 11.7. The van der Waals surface area contributed by atoms with Crippen molar-refractivity contribution in [3.8, 4) is 17.2 Å². The highest BCUT2D eigenvalue weighted by Gasteiger charge is 2.41. The van der Waals surface area contributed by atoms with E-state index < -0.39 is 36.0 Å². The summed E-state index contributed by atoms with van der Waals surface area (Å²) in [6.07, 6.45) is -4.26. The minimum Gasteiger partial charge on any atom is -0.497 e. The second-order valence-electron chi connectivity index (χ2n) is 7.90. The van der Waals surface area contributed by atoms with Crippen molar-refractivity contribution < 1.29 is 48.0 Å². The van der Waals surface area contributed by atoms with Gasteiger partial charge in [0.05, 0.1) is 32.0 Å². The Morgan fingerprint density at radius 3 is 1.72 bits per heavy atom. The van der Waals surface area contributed by atoms with Crippen LogP contribution in [0, 0.1) is 0 Å². The lowest BCUT2D eigenvalue weighted by molar-refractivity contribution is -0.157. The minimum atomic E-state index is -2.19. The number of aliphatic carboxylic acids is 1. The molecule has 0 saturated heterocycles. The predicted octanol–water partition coefficient (Wildman–Crippen LogP) is 3.58. The largest absolute Gasteiger partial charge is 0.497 e. The highest BCUT2D eigenvalue weighted by molar-refractivity contribution is 6.01. The smallest absolute Gasteiger partial charge is 0.349 e. The SMILES string of the molecule is CCOc1ccc(NC(=O)[C@H](OC(=O)c2cccc(OC)c2)[C@@H](OC(=O)c2cccc(OC)c2)C(=O)O)cc1. The Hall–Kier alpha value is -5.06. The van der Waals surface area contributed by atoms with Crippen molar-refractivity contribution in [1.82, 2.24) is 0 Å². The molecule has 1 amide bonds. The topological polar surface area (TPSA) is 147 Å². The lowest BCUT2D eigenvalue weighted by Gasteiger charge is -2.23. The third kappa shape index (κ3) is 7.71. The lowest BCUT2D eigenvalue weighted by Crippen LogP contribution is -2.48. The summed E-state index contributed by atoms with van der Waals surface area (Å²) >= 11 is 0. The molecule has 0 aromatic heterocycles. The fraction of sp³-hybridized carbons (Fsp3) is 0.214. The highest BCUT2D eigenvalue weighted by Crippen LogP contribution is 2.21. The molecule has 3 aromatic rings. The molecule has 0 aliphatic heterocycles. The molecule has 0 unspecified atom stereocenters. The third-order valence-electron chi connectivity index (χ3n) is 5.29. The van der Waals surface area contributed by atoms with Gasteiger partial charge in [0.1, 0.15) is 17.2 Å². The van der Waals surface area contributed by atoms with E-state index in [2.05, 4.69) is 5.32 Å². The molecule has 0 spiro atoms. The second-order valence-corrected chi connectivity index (χ2v) is 7.90. The third-order valence-corrected chi connectivity index (χ3v) is 5.29. The molecule has 0 saturated carbocycles. The number of methoxy groups -OCH3 is 2. The van der Waals surface area contributed by atoms with Gasteiger partial charge >= 0.3 is 17.9 Å². The van der Waals surface area contributed by atoms with Crippen LogP contribution in [0.15, 0.2) is 72.8 Å². The fourth-order valence-corrected chi connectivity index (χ4v) is 3.38. The molecular formula is C28H27NO10. The van der Waals surface area contributed by atoms with Crippen LogP contribution in [0.5, 0.6) is 17.2 Å². The van der Waals surface area contributed by atoms with Crippen molar-refractivity contribution in [2.45, 2.75) is 19.1 Å². The van der Waals surface area contributed by atoms with Crippen molar-refractivity contribution in [3.05, 3.63) is 83.9 Å². The van der Waals surface area contributed by atoms with Gasteiger partial charge in [-0.3, -0.25) is 4.79 Å². The molecule has 11 nitrogen and oxygen atoms in total. The van der Waals surface area contributed by atoms with E-state index in [0.717, 1.165) is 0 Å². The molecular weight excluding hydrogens is 510 g/mol. The lowest BCUT2D eigenvalue weighted by atomic mass is 10.1. The van der Waals surface area contributed by atoms with Crippen molar-refractivity contribution in [3.63, 3.8) is 0 Å². The van der Waals surface area contributed by atoms with Crippen molar-refractivity contribution in [2.75, 3.05) is 26.1 Å². The maximum atomic E-state index is 13.3. The summed E-state index contributed by atoms with van der Waals surface area (Å²) in [6.45, 7) is 2.25. The van der Waals surface area contributed by atoms with Crippen LogP contribution in [0.4, 0.5) is 5.69 Å². The minimum absolute atomic E-state index is 0.0171. The molecule has 39 heavy (non-hydrogen) atoms. The van der Waals surface area contributed by atoms with E-state index in [-0.39, 0.29) is 16.8 Å². The van der Waals surface area contributed by atoms with Gasteiger partial charge in [-0.15, -0.1) is 0 Å². The van der Waals surface area contributed by atoms with E-state index in [1.165, 1.54) is 62.8 Å². The summed E-state index contributed by atoms with van der Waals surface area (Å²) in [4.78, 5) is 51.2. The molecule has 0 fully saturated rings. The summed E-state index contributed by atoms with van der Waals surface area (Å²) in [7, 11) is 2.79. The zero-order valence-corrected chi connectivity index (χ0v) is 21.4. The number of carboxylic acids is 1. The highest BCUT2D eigenvalue weighted by atomic mass is 16.6. The summed E-state index contributed by atoms with van der Waals surface area (Å²) < 4.78 is 26.0. The quantitative estimate of drug-likeness (QED) is 0.329. The summed E-state index contributed by atoms with van der Waals surface area (Å²) in [6, 6.07) is 17.8. The molecule has 0 aliphatic carbocycles. The van der Waals surface area contributed by atoms with Gasteiger partial charge in [-0.25, -0.2) is 14.4 Å². The maximum absolute atomic E-state index is 13.3. The molecule has 204 valence electrons. The summed E-state index contributed by atoms with van der Waals surface area (Å²) in [5.41, 5.74) is 0.205. The van der Waals surface area contributed by atoms with Crippen LogP contribution in [0.2, 0.25) is 0 Å². The van der Waals surface area contributed by atoms with Crippen molar-refractivity contribution in [1.29, 1.82) is 0 Å². The number of carboxylic acid groups (broad SMARTS) is 1. The number of carbonyl (C=O) groups excluding carboxylic acids is 3. The van der Waals surface area contributed by atoms with E-state index in [1.54, 1.807) is 24.3 Å². The average molecular weight is 538 g/mol. The van der Waals surface area contributed by atoms with Crippen LogP contribution in [0.3, 0.4) is 0 Å². The van der Waals surface area contributed by atoms with E-state index in [0.29, 0.717) is 23.9 Å². The van der Waals surface area contributed by atoms with Gasteiger partial charge in [-0.1, -0.05) is 12.1 Å². The van der Waals surface area contributed by atoms with Gasteiger partial charge in [-0.2, -0.15) is 0 Å². The number of carbonyl (C=O) groups is 4. The second kappa shape index (κ2) is 13.5.